The molecule has 0 aliphatic carbocycles. The summed E-state index contributed by atoms with van der Waals surface area (Å²) in [6.45, 7) is 2.45. The lowest BCUT2D eigenvalue weighted by Crippen LogP contribution is -2.43. The van der Waals surface area contributed by atoms with Crippen molar-refractivity contribution in [1.29, 1.82) is 0 Å². The van der Waals surface area contributed by atoms with Gasteiger partial charge in [0.1, 0.15) is 11.5 Å². The summed E-state index contributed by atoms with van der Waals surface area (Å²) in [6.07, 6.45) is 3.89. The molecule has 1 saturated heterocycles. The number of furan rings is 1. The predicted molar refractivity (Wildman–Crippen MR) is 121 cm³/mol. The molecule has 7 nitrogen and oxygen atoms in total. The lowest BCUT2D eigenvalue weighted by Gasteiger charge is -2.28. The molecule has 1 amide bonds. The summed E-state index contributed by atoms with van der Waals surface area (Å²) in [7, 11) is 1.97. The fourth-order valence-electron chi connectivity index (χ4n) is 3.93. The molecule has 4 rings (SSSR count). The lowest BCUT2D eigenvalue weighted by atomic mass is 10.2. The van der Waals surface area contributed by atoms with Crippen LogP contribution >= 0.6 is 11.6 Å². The first-order valence-electron chi connectivity index (χ1n) is 10.4. The van der Waals surface area contributed by atoms with E-state index in [1.807, 2.05) is 55.6 Å². The molecule has 8 heteroatoms. The van der Waals surface area contributed by atoms with Crippen LogP contribution in [0.1, 0.15) is 18.6 Å². The molecule has 0 radical (unpaired) electrons. The molecule has 31 heavy (non-hydrogen) atoms. The number of hydrogen-bond acceptors (Lipinski definition) is 6. The highest BCUT2D eigenvalue weighted by Crippen LogP contribution is 2.24. The van der Waals surface area contributed by atoms with Gasteiger partial charge in [0.25, 0.3) is 0 Å². The fraction of sp³-hybridized carbons (Fsp3) is 0.348. The first-order valence-corrected chi connectivity index (χ1v) is 10.8. The monoisotopic (exact) mass is 439 g/mol. The topological polar surface area (TPSA) is 74.5 Å². The minimum atomic E-state index is -0.0315. The Morgan fingerprint density at radius 2 is 2.10 bits per heavy atom. The first-order chi connectivity index (χ1) is 15.1. The zero-order valence-corrected chi connectivity index (χ0v) is 18.3. The van der Waals surface area contributed by atoms with Crippen LogP contribution in [0.25, 0.3) is 11.3 Å². The van der Waals surface area contributed by atoms with Gasteiger partial charge in [-0.05, 0) is 68.4 Å². The Morgan fingerprint density at radius 3 is 2.87 bits per heavy atom. The molecule has 1 aliphatic rings. The van der Waals surface area contributed by atoms with Crippen LogP contribution < -0.4 is 10.2 Å². The van der Waals surface area contributed by atoms with E-state index in [0.29, 0.717) is 29.9 Å². The molecule has 0 spiro atoms. The number of amides is 1. The van der Waals surface area contributed by atoms with Gasteiger partial charge in [0.2, 0.25) is 5.91 Å². The van der Waals surface area contributed by atoms with Crippen molar-refractivity contribution < 1.29 is 9.21 Å². The predicted octanol–water partition coefficient (Wildman–Crippen LogP) is 3.61. The standard InChI is InChI=1S/C23H26ClN5O2/c1-28(15-19-4-3-13-29(19)22-5-2-12-26-27-22)16-23(30)25-14-20-10-11-21(31-20)17-6-8-18(24)9-7-17/h2,5-12,19H,3-4,13-16H2,1H3,(H,25,30). The van der Waals surface area contributed by atoms with Gasteiger partial charge in [-0.2, -0.15) is 5.10 Å². The Balaban J connectivity index is 1.25. The van der Waals surface area contributed by atoms with Crippen LogP contribution in [-0.2, 0) is 11.3 Å². The van der Waals surface area contributed by atoms with Gasteiger partial charge in [-0.15, -0.1) is 5.10 Å². The zero-order chi connectivity index (χ0) is 21.6. The van der Waals surface area contributed by atoms with Crippen molar-refractivity contribution >= 4 is 23.3 Å². The highest BCUT2D eigenvalue weighted by molar-refractivity contribution is 6.30. The van der Waals surface area contributed by atoms with Gasteiger partial charge in [0.15, 0.2) is 5.82 Å². The molecule has 1 fully saturated rings. The maximum atomic E-state index is 12.4. The van der Waals surface area contributed by atoms with E-state index in [9.17, 15) is 4.79 Å². The van der Waals surface area contributed by atoms with E-state index in [1.165, 1.54) is 0 Å². The average molecular weight is 440 g/mol. The number of carbonyl (C=O) groups excluding carboxylic acids is 1. The Labute approximate surface area is 187 Å². The minimum absolute atomic E-state index is 0.0315. The summed E-state index contributed by atoms with van der Waals surface area (Å²) >= 11 is 5.93. The third-order valence-electron chi connectivity index (χ3n) is 5.42. The van der Waals surface area contributed by atoms with Crippen LogP contribution in [-0.4, -0.2) is 53.7 Å². The molecule has 1 atom stereocenters. The van der Waals surface area contributed by atoms with Gasteiger partial charge in [-0.3, -0.25) is 9.69 Å². The number of benzene rings is 1. The van der Waals surface area contributed by atoms with Crippen LogP contribution in [0.5, 0.6) is 0 Å². The highest BCUT2D eigenvalue weighted by Gasteiger charge is 2.27. The number of nitrogens with one attached hydrogen (secondary N) is 1. The van der Waals surface area contributed by atoms with Gasteiger partial charge in [-0.1, -0.05) is 11.6 Å². The van der Waals surface area contributed by atoms with Gasteiger partial charge in [0.05, 0.1) is 13.1 Å². The van der Waals surface area contributed by atoms with Gasteiger partial charge in [0, 0.05) is 35.9 Å². The van der Waals surface area contributed by atoms with Crippen molar-refractivity contribution in [2.24, 2.45) is 0 Å². The number of rotatable bonds is 8. The van der Waals surface area contributed by atoms with Crippen molar-refractivity contribution in [3.63, 3.8) is 0 Å². The van der Waals surface area contributed by atoms with Gasteiger partial charge < -0.3 is 14.6 Å². The molecule has 1 aliphatic heterocycles. The summed E-state index contributed by atoms with van der Waals surface area (Å²) in [5, 5.41) is 11.8. The van der Waals surface area contributed by atoms with Crippen molar-refractivity contribution in [1.82, 2.24) is 20.4 Å². The van der Waals surface area contributed by atoms with Crippen LogP contribution in [0.3, 0.4) is 0 Å². The maximum absolute atomic E-state index is 12.4. The van der Waals surface area contributed by atoms with E-state index < -0.39 is 0 Å². The van der Waals surface area contributed by atoms with E-state index in [-0.39, 0.29) is 5.91 Å². The van der Waals surface area contributed by atoms with Crippen LogP contribution in [0, 0.1) is 0 Å². The van der Waals surface area contributed by atoms with E-state index in [2.05, 4.69) is 25.3 Å². The zero-order valence-electron chi connectivity index (χ0n) is 17.5. The second kappa shape index (κ2) is 9.94. The maximum Gasteiger partial charge on any atom is 0.234 e. The minimum Gasteiger partial charge on any atom is -0.459 e. The van der Waals surface area contributed by atoms with Crippen LogP contribution in [0.2, 0.25) is 5.02 Å². The molecular formula is C23H26ClN5O2. The molecule has 1 N–H and O–H groups in total. The smallest absolute Gasteiger partial charge is 0.234 e. The SMILES string of the molecule is CN(CC(=O)NCc1ccc(-c2ccc(Cl)cc2)o1)CC1CCCN1c1cccnn1. The number of aromatic nitrogens is 2. The molecular weight excluding hydrogens is 414 g/mol. The van der Waals surface area contributed by atoms with Crippen molar-refractivity contribution in [2.45, 2.75) is 25.4 Å². The number of hydrogen-bond donors (Lipinski definition) is 1. The molecule has 162 valence electrons. The molecule has 2 aromatic heterocycles. The highest BCUT2D eigenvalue weighted by atomic mass is 35.5. The number of halogens is 1. The molecule has 1 unspecified atom stereocenters. The number of carbonyl (C=O) groups is 1. The first kappa shape index (κ1) is 21.3. The van der Waals surface area contributed by atoms with E-state index in [0.717, 1.165) is 43.1 Å². The Bertz CT molecular complexity index is 993. The van der Waals surface area contributed by atoms with Crippen molar-refractivity contribution in [3.8, 4) is 11.3 Å². The summed E-state index contributed by atoms with van der Waals surface area (Å²) in [4.78, 5) is 16.8. The molecule has 1 aromatic carbocycles. The van der Waals surface area contributed by atoms with Gasteiger partial charge in [-0.25, -0.2) is 0 Å². The lowest BCUT2D eigenvalue weighted by molar-refractivity contribution is -0.122. The summed E-state index contributed by atoms with van der Waals surface area (Å²) in [5.74, 6) is 2.34. The molecule has 0 bridgehead atoms. The van der Waals surface area contributed by atoms with Crippen LogP contribution in [0.4, 0.5) is 5.82 Å². The normalized spacial score (nSPS) is 16.1. The third-order valence-corrected chi connectivity index (χ3v) is 5.67. The van der Waals surface area contributed by atoms with Gasteiger partial charge >= 0.3 is 0 Å². The van der Waals surface area contributed by atoms with E-state index in [4.69, 9.17) is 16.0 Å². The number of anilines is 1. The Hall–Kier alpha value is -2.90. The second-order valence-corrected chi connectivity index (χ2v) is 8.25. The summed E-state index contributed by atoms with van der Waals surface area (Å²) in [6, 6.07) is 15.5. The summed E-state index contributed by atoms with van der Waals surface area (Å²) < 4.78 is 5.84. The third kappa shape index (κ3) is 5.62. The van der Waals surface area contributed by atoms with E-state index in [1.54, 1.807) is 6.20 Å². The van der Waals surface area contributed by atoms with Crippen molar-refractivity contribution in [2.75, 3.05) is 31.6 Å². The Kier molecular flexibility index (Phi) is 6.84. The fourth-order valence-corrected chi connectivity index (χ4v) is 4.05. The number of nitrogens with zero attached hydrogens (tertiary/aromatic N) is 4. The largest absolute Gasteiger partial charge is 0.459 e. The molecule has 3 aromatic rings. The molecule has 0 saturated carbocycles. The second-order valence-electron chi connectivity index (χ2n) is 7.82. The number of likely N-dealkylation sites (N-methyl/N-ethyl adjacent to an activating group) is 1. The van der Waals surface area contributed by atoms with Crippen LogP contribution in [0.15, 0.2) is 59.1 Å². The summed E-state index contributed by atoms with van der Waals surface area (Å²) in [5.41, 5.74) is 0.950. The quantitative estimate of drug-likeness (QED) is 0.578. The van der Waals surface area contributed by atoms with E-state index >= 15 is 0 Å². The molecule has 3 heterocycles. The Morgan fingerprint density at radius 1 is 1.26 bits per heavy atom. The average Bonchev–Trinajstić information content (AvgIpc) is 3.43. The van der Waals surface area contributed by atoms with Crippen molar-refractivity contribution in [3.05, 3.63) is 65.5 Å².